The maximum Gasteiger partial charge on any atom is 0.257 e. The van der Waals surface area contributed by atoms with Crippen molar-refractivity contribution < 1.29 is 9.32 Å². The number of carbonyl (C=O) groups excluding carboxylic acids is 1. The van der Waals surface area contributed by atoms with Crippen LogP contribution in [0, 0.1) is 12.8 Å². The number of hydrogen-bond acceptors (Lipinski definition) is 5. The van der Waals surface area contributed by atoms with Crippen LogP contribution in [0.3, 0.4) is 0 Å². The number of aromatic nitrogens is 2. The molecule has 30 heavy (non-hydrogen) atoms. The lowest BCUT2D eigenvalue weighted by Crippen LogP contribution is -2.40. The summed E-state index contributed by atoms with van der Waals surface area (Å²) in [5.41, 5.74) is 4.19. The summed E-state index contributed by atoms with van der Waals surface area (Å²) in [6, 6.07) is 16.0. The van der Waals surface area contributed by atoms with Crippen LogP contribution in [-0.2, 0) is 17.8 Å². The second-order valence-corrected chi connectivity index (χ2v) is 7.96. The summed E-state index contributed by atoms with van der Waals surface area (Å²) in [5, 5.41) is 7.27. The highest BCUT2D eigenvalue weighted by atomic mass is 16.5. The molecule has 0 radical (unpaired) electrons. The van der Waals surface area contributed by atoms with Gasteiger partial charge in [0.2, 0.25) is 5.91 Å². The van der Waals surface area contributed by atoms with Crippen molar-refractivity contribution in [2.24, 2.45) is 5.92 Å². The Morgan fingerprint density at radius 1 is 1.20 bits per heavy atom. The van der Waals surface area contributed by atoms with E-state index in [1.165, 1.54) is 5.56 Å². The van der Waals surface area contributed by atoms with Crippen LogP contribution in [0.4, 0.5) is 5.69 Å². The lowest BCUT2D eigenvalue weighted by Gasteiger charge is -2.31. The normalized spacial score (nSPS) is 17.1. The molecule has 0 spiro atoms. The second-order valence-electron chi connectivity index (χ2n) is 7.96. The number of amides is 1. The van der Waals surface area contributed by atoms with Crippen LogP contribution >= 0.6 is 0 Å². The molecule has 0 bridgehead atoms. The van der Waals surface area contributed by atoms with Gasteiger partial charge in [-0.05, 0) is 56.5 Å². The zero-order valence-corrected chi connectivity index (χ0v) is 17.6. The van der Waals surface area contributed by atoms with Crippen molar-refractivity contribution in [1.82, 2.24) is 15.0 Å². The van der Waals surface area contributed by atoms with Gasteiger partial charge in [-0.15, -0.1) is 0 Å². The summed E-state index contributed by atoms with van der Waals surface area (Å²) in [6.07, 6.45) is 2.78. The molecule has 1 atom stereocenters. The first kappa shape index (κ1) is 20.3. The van der Waals surface area contributed by atoms with E-state index >= 15 is 0 Å². The molecule has 1 aromatic heterocycles. The van der Waals surface area contributed by atoms with E-state index in [0.29, 0.717) is 24.8 Å². The van der Waals surface area contributed by atoms with E-state index in [0.717, 1.165) is 42.6 Å². The third-order valence-electron chi connectivity index (χ3n) is 5.66. The maximum atomic E-state index is 12.9. The third-order valence-corrected chi connectivity index (χ3v) is 5.66. The molecule has 1 saturated heterocycles. The van der Waals surface area contributed by atoms with Gasteiger partial charge in [0.05, 0.1) is 12.5 Å². The van der Waals surface area contributed by atoms with Gasteiger partial charge in [0.25, 0.3) is 5.89 Å². The highest BCUT2D eigenvalue weighted by Gasteiger charge is 2.27. The monoisotopic (exact) mass is 404 g/mol. The van der Waals surface area contributed by atoms with E-state index in [9.17, 15) is 4.79 Å². The van der Waals surface area contributed by atoms with Crippen LogP contribution in [0.25, 0.3) is 11.5 Å². The molecule has 0 saturated carbocycles. The first-order valence-electron chi connectivity index (χ1n) is 10.6. The zero-order chi connectivity index (χ0) is 20.9. The molecule has 2 heterocycles. The molecule has 3 aromatic rings. The SMILES string of the molecule is CCc1ccccc1NC(=O)[C@H]1CCCN(Cc2noc(-c3ccc(C)cc3)n2)C1. The first-order valence-corrected chi connectivity index (χ1v) is 10.6. The molecule has 1 fully saturated rings. The number of benzene rings is 2. The van der Waals surface area contributed by atoms with Crippen molar-refractivity contribution in [2.45, 2.75) is 39.7 Å². The van der Waals surface area contributed by atoms with E-state index in [-0.39, 0.29) is 11.8 Å². The Labute approximate surface area is 177 Å². The van der Waals surface area contributed by atoms with Crippen molar-refractivity contribution in [3.8, 4) is 11.5 Å². The second kappa shape index (κ2) is 9.22. The number of para-hydroxylation sites is 1. The molecular weight excluding hydrogens is 376 g/mol. The molecular formula is C24H28N4O2. The highest BCUT2D eigenvalue weighted by Crippen LogP contribution is 2.23. The van der Waals surface area contributed by atoms with E-state index in [4.69, 9.17) is 4.52 Å². The van der Waals surface area contributed by atoms with Gasteiger partial charge in [0.15, 0.2) is 5.82 Å². The summed E-state index contributed by atoms with van der Waals surface area (Å²) in [7, 11) is 0. The zero-order valence-electron chi connectivity index (χ0n) is 17.6. The largest absolute Gasteiger partial charge is 0.334 e. The summed E-state index contributed by atoms with van der Waals surface area (Å²) in [4.78, 5) is 19.6. The van der Waals surface area contributed by atoms with Crippen molar-refractivity contribution in [3.05, 3.63) is 65.5 Å². The molecule has 156 valence electrons. The van der Waals surface area contributed by atoms with E-state index in [1.54, 1.807) is 0 Å². The predicted molar refractivity (Wildman–Crippen MR) is 117 cm³/mol. The Morgan fingerprint density at radius 2 is 2.00 bits per heavy atom. The molecule has 1 aliphatic heterocycles. The predicted octanol–water partition coefficient (Wildman–Crippen LogP) is 4.46. The number of nitrogens with zero attached hydrogens (tertiary/aromatic N) is 3. The number of carbonyl (C=O) groups is 1. The van der Waals surface area contributed by atoms with Gasteiger partial charge >= 0.3 is 0 Å². The summed E-state index contributed by atoms with van der Waals surface area (Å²) >= 11 is 0. The van der Waals surface area contributed by atoms with Crippen LogP contribution in [0.5, 0.6) is 0 Å². The maximum absolute atomic E-state index is 12.9. The Bertz CT molecular complexity index is 996. The van der Waals surface area contributed by atoms with Gasteiger partial charge < -0.3 is 9.84 Å². The molecule has 0 aliphatic carbocycles. The van der Waals surface area contributed by atoms with Crippen molar-refractivity contribution in [1.29, 1.82) is 0 Å². The average Bonchev–Trinajstić information content (AvgIpc) is 3.23. The third kappa shape index (κ3) is 4.76. The van der Waals surface area contributed by atoms with E-state index < -0.39 is 0 Å². The van der Waals surface area contributed by atoms with Gasteiger partial charge in [0, 0.05) is 17.8 Å². The molecule has 1 amide bonds. The molecule has 6 nitrogen and oxygen atoms in total. The molecule has 0 unspecified atom stereocenters. The Morgan fingerprint density at radius 3 is 2.80 bits per heavy atom. The fraction of sp³-hybridized carbons (Fsp3) is 0.375. The quantitative estimate of drug-likeness (QED) is 0.657. The fourth-order valence-electron chi connectivity index (χ4n) is 3.93. The van der Waals surface area contributed by atoms with Crippen molar-refractivity contribution >= 4 is 11.6 Å². The Hall–Kier alpha value is -2.99. The highest BCUT2D eigenvalue weighted by molar-refractivity contribution is 5.93. The number of rotatable bonds is 6. The van der Waals surface area contributed by atoms with Gasteiger partial charge in [0.1, 0.15) is 0 Å². The molecule has 2 aromatic carbocycles. The van der Waals surface area contributed by atoms with E-state index in [2.05, 4.69) is 33.3 Å². The van der Waals surface area contributed by atoms with E-state index in [1.807, 2.05) is 49.4 Å². The number of nitrogens with one attached hydrogen (secondary N) is 1. The number of piperidine rings is 1. The molecule has 6 heteroatoms. The fourth-order valence-corrected chi connectivity index (χ4v) is 3.93. The van der Waals surface area contributed by atoms with Crippen molar-refractivity contribution in [3.63, 3.8) is 0 Å². The number of hydrogen-bond donors (Lipinski definition) is 1. The van der Waals surface area contributed by atoms with Crippen LogP contribution in [-0.4, -0.2) is 34.0 Å². The summed E-state index contributed by atoms with van der Waals surface area (Å²) < 4.78 is 5.44. The minimum absolute atomic E-state index is 0.0351. The lowest BCUT2D eigenvalue weighted by atomic mass is 9.96. The standard InChI is InChI=1S/C24H28N4O2/c1-3-18-7-4-5-9-21(18)25-23(29)20-8-6-14-28(15-20)16-22-26-24(30-27-22)19-12-10-17(2)11-13-19/h4-5,7,9-13,20H,3,6,8,14-16H2,1-2H3,(H,25,29)/t20-/m0/s1. The van der Waals surface area contributed by atoms with Crippen LogP contribution in [0.1, 0.15) is 36.7 Å². The lowest BCUT2D eigenvalue weighted by molar-refractivity contribution is -0.121. The van der Waals surface area contributed by atoms with Crippen LogP contribution in [0.15, 0.2) is 53.1 Å². The van der Waals surface area contributed by atoms with Crippen LogP contribution in [0.2, 0.25) is 0 Å². The topological polar surface area (TPSA) is 71.3 Å². The average molecular weight is 405 g/mol. The van der Waals surface area contributed by atoms with Gasteiger partial charge in [-0.25, -0.2) is 0 Å². The minimum Gasteiger partial charge on any atom is -0.334 e. The van der Waals surface area contributed by atoms with Gasteiger partial charge in [-0.3, -0.25) is 9.69 Å². The van der Waals surface area contributed by atoms with Crippen LogP contribution < -0.4 is 5.32 Å². The summed E-state index contributed by atoms with van der Waals surface area (Å²) in [6.45, 7) is 6.37. The summed E-state index contributed by atoms with van der Waals surface area (Å²) in [5.74, 6) is 1.25. The molecule has 1 N–H and O–H groups in total. The van der Waals surface area contributed by atoms with Gasteiger partial charge in [-0.1, -0.05) is 48.0 Å². The Balaban J connectivity index is 1.37. The molecule has 4 rings (SSSR count). The first-order chi connectivity index (χ1) is 14.6. The number of likely N-dealkylation sites (tertiary alicyclic amines) is 1. The smallest absolute Gasteiger partial charge is 0.257 e. The molecule has 1 aliphatic rings. The Kier molecular flexibility index (Phi) is 6.23. The van der Waals surface area contributed by atoms with Gasteiger partial charge in [-0.2, -0.15) is 4.98 Å². The number of anilines is 1. The van der Waals surface area contributed by atoms with Crippen molar-refractivity contribution in [2.75, 3.05) is 18.4 Å². The minimum atomic E-state index is -0.0351. The number of aryl methyl sites for hydroxylation is 2.